The van der Waals surface area contributed by atoms with Gasteiger partial charge >= 0.3 is 0 Å². The maximum absolute atomic E-state index is 11.5. The Balaban J connectivity index is 0.000000171. The molecule has 2 aromatic carbocycles. The first-order chi connectivity index (χ1) is 20.6. The van der Waals surface area contributed by atoms with Crippen LogP contribution in [0.25, 0.3) is 0 Å². The van der Waals surface area contributed by atoms with Gasteiger partial charge < -0.3 is 9.47 Å². The number of hydrogen-bond acceptors (Lipinski definition) is 12. The van der Waals surface area contributed by atoms with Crippen LogP contribution in [0.3, 0.4) is 0 Å². The molecule has 222 valence electrons. The molecule has 4 heterocycles. The van der Waals surface area contributed by atoms with E-state index in [-0.39, 0.29) is 11.1 Å². The minimum Gasteiger partial charge on any atom is -0.431 e. The van der Waals surface area contributed by atoms with E-state index < -0.39 is 10.8 Å². The number of aromatic nitrogens is 4. The molecule has 0 bridgehead atoms. The summed E-state index contributed by atoms with van der Waals surface area (Å²) in [7, 11) is 2.19. The second kappa shape index (κ2) is 13.2. The van der Waals surface area contributed by atoms with Crippen LogP contribution in [-0.4, -0.2) is 62.5 Å². The molecule has 0 saturated carbocycles. The van der Waals surface area contributed by atoms with Gasteiger partial charge in [0.05, 0.1) is 54.4 Å². The average molecular weight is 698 g/mol. The number of halogens is 4. The van der Waals surface area contributed by atoms with Crippen molar-refractivity contribution in [2.75, 3.05) is 36.6 Å². The van der Waals surface area contributed by atoms with Crippen LogP contribution in [0.5, 0.6) is 11.5 Å². The normalized spacial score (nSPS) is 14.2. The van der Waals surface area contributed by atoms with Gasteiger partial charge in [0.25, 0.3) is 0 Å². The van der Waals surface area contributed by atoms with Crippen LogP contribution in [0.2, 0.25) is 20.1 Å². The van der Waals surface area contributed by atoms with Gasteiger partial charge in [0.15, 0.2) is 28.3 Å². The van der Waals surface area contributed by atoms with Crippen LogP contribution in [-0.2, 0) is 10.8 Å². The summed E-state index contributed by atoms with van der Waals surface area (Å²) in [6.07, 6.45) is 6.48. The third kappa shape index (κ3) is 6.66. The third-order valence-corrected chi connectivity index (χ3v) is 8.26. The molecule has 0 radical (unpaired) electrons. The molecule has 0 amide bonds. The molecule has 2 aliphatic rings. The number of rotatable bonds is 4. The molecular weight excluding hydrogens is 678 g/mol. The van der Waals surface area contributed by atoms with Crippen molar-refractivity contribution in [3.8, 4) is 11.5 Å². The van der Waals surface area contributed by atoms with Crippen molar-refractivity contribution in [3.05, 3.63) is 80.0 Å². The number of fused-ring (bicyclic) bond motifs is 2. The van der Waals surface area contributed by atoms with Crippen LogP contribution in [0, 0.1) is 0 Å². The highest BCUT2D eigenvalue weighted by Gasteiger charge is 2.26. The monoisotopic (exact) mass is 696 g/mol. The van der Waals surface area contributed by atoms with Gasteiger partial charge in [0.1, 0.15) is 0 Å². The molecule has 4 aromatic rings. The Hall–Kier alpha value is -3.20. The topological polar surface area (TPSA) is 118 Å². The average Bonchev–Trinajstić information content (AvgIpc) is 2.97. The van der Waals surface area contributed by atoms with E-state index in [9.17, 15) is 4.21 Å². The smallest absolute Gasteiger partial charge is 0.247 e. The fourth-order valence-corrected chi connectivity index (χ4v) is 5.63. The fraction of sp³-hybridized carbons (Fsp3) is 0.154. The zero-order chi connectivity index (χ0) is 30.8. The van der Waals surface area contributed by atoms with E-state index in [0.29, 0.717) is 65.4 Å². The van der Waals surface area contributed by atoms with Crippen molar-refractivity contribution in [3.63, 3.8) is 0 Å². The molecule has 6 rings (SSSR count). The lowest BCUT2D eigenvalue weighted by atomic mass is 10.2. The number of nitrogens with zero attached hydrogens (tertiary/aromatic N) is 8. The summed E-state index contributed by atoms with van der Waals surface area (Å²) in [5, 5.41) is 14.4. The highest BCUT2D eigenvalue weighted by molar-refractivity contribution is 7.98. The van der Waals surface area contributed by atoms with Crippen LogP contribution in [0.1, 0.15) is 11.1 Å². The SMILES string of the molecule is CN1N=C(c2c(Cl)cccc2Cl)Oc2cnc(S(C)=O)nc21.CSc1ncc2c(n1)N(C)N=C(c1c(Cl)cccc1Cl)O2. The number of ether oxygens (including phenoxy) is 2. The second-order valence-electron chi connectivity index (χ2n) is 8.59. The van der Waals surface area contributed by atoms with E-state index in [1.165, 1.54) is 29.2 Å². The van der Waals surface area contributed by atoms with Crippen LogP contribution < -0.4 is 19.5 Å². The largest absolute Gasteiger partial charge is 0.431 e. The summed E-state index contributed by atoms with van der Waals surface area (Å²) in [5.74, 6) is 2.49. The van der Waals surface area contributed by atoms with Gasteiger partial charge in [0.2, 0.25) is 17.0 Å². The molecule has 2 aliphatic heterocycles. The number of hydrazone groups is 2. The van der Waals surface area contributed by atoms with Gasteiger partial charge in [-0.2, -0.15) is 9.97 Å². The summed E-state index contributed by atoms with van der Waals surface area (Å²) in [6, 6.07) is 10.4. The molecule has 1 unspecified atom stereocenters. The van der Waals surface area contributed by atoms with Crippen molar-refractivity contribution >= 4 is 92.4 Å². The number of anilines is 2. The molecule has 2 aromatic heterocycles. The van der Waals surface area contributed by atoms with E-state index in [0.717, 1.165) is 0 Å². The van der Waals surface area contributed by atoms with Gasteiger partial charge in [-0.05, 0) is 30.5 Å². The summed E-state index contributed by atoms with van der Waals surface area (Å²) in [6.45, 7) is 0. The first-order valence-corrected chi connectivity index (χ1v) is 16.4. The van der Waals surface area contributed by atoms with Gasteiger partial charge in [-0.3, -0.25) is 4.21 Å². The summed E-state index contributed by atoms with van der Waals surface area (Å²) < 4.78 is 22.9. The first-order valence-electron chi connectivity index (χ1n) is 12.1. The maximum Gasteiger partial charge on any atom is 0.247 e. The predicted molar refractivity (Wildman–Crippen MR) is 172 cm³/mol. The second-order valence-corrected chi connectivity index (χ2v) is 12.3. The summed E-state index contributed by atoms with van der Waals surface area (Å²) >= 11 is 26.2. The van der Waals surface area contributed by atoms with Gasteiger partial charge in [-0.25, -0.2) is 20.0 Å². The van der Waals surface area contributed by atoms with Crippen LogP contribution in [0.4, 0.5) is 11.6 Å². The number of hydrogen-bond donors (Lipinski definition) is 0. The Labute approximate surface area is 273 Å². The minimum atomic E-state index is -1.29. The molecule has 0 fully saturated rings. The molecule has 0 aliphatic carbocycles. The van der Waals surface area contributed by atoms with Gasteiger partial charge in [-0.1, -0.05) is 70.3 Å². The molecule has 0 saturated heterocycles. The molecule has 0 N–H and O–H groups in total. The molecular formula is C26H20Cl4N8O3S2. The summed E-state index contributed by atoms with van der Waals surface area (Å²) in [5.41, 5.74) is 1.04. The van der Waals surface area contributed by atoms with Crippen molar-refractivity contribution in [1.82, 2.24) is 19.9 Å². The summed E-state index contributed by atoms with van der Waals surface area (Å²) in [4.78, 5) is 16.8. The van der Waals surface area contributed by atoms with Crippen molar-refractivity contribution < 1.29 is 13.7 Å². The molecule has 1 atom stereocenters. The van der Waals surface area contributed by atoms with Crippen molar-refractivity contribution in [1.29, 1.82) is 0 Å². The molecule has 11 nitrogen and oxygen atoms in total. The first kappa shape index (κ1) is 31.2. The van der Waals surface area contributed by atoms with E-state index in [4.69, 9.17) is 55.9 Å². The highest BCUT2D eigenvalue weighted by Crippen LogP contribution is 2.35. The zero-order valence-corrected chi connectivity index (χ0v) is 27.4. The van der Waals surface area contributed by atoms with Gasteiger partial charge in [0, 0.05) is 20.4 Å². The Morgan fingerprint density at radius 2 is 1.19 bits per heavy atom. The van der Waals surface area contributed by atoms with Crippen LogP contribution >= 0.6 is 58.2 Å². The molecule has 17 heteroatoms. The third-order valence-electron chi connectivity index (χ3n) is 5.73. The lowest BCUT2D eigenvalue weighted by Gasteiger charge is -2.23. The van der Waals surface area contributed by atoms with Gasteiger partial charge in [-0.15, -0.1) is 10.2 Å². The molecule has 43 heavy (non-hydrogen) atoms. The molecule has 0 spiro atoms. The Kier molecular flexibility index (Phi) is 9.59. The number of thioether (sulfide) groups is 1. The van der Waals surface area contributed by atoms with E-state index in [1.54, 1.807) is 61.7 Å². The maximum atomic E-state index is 11.5. The lowest BCUT2D eigenvalue weighted by molar-refractivity contribution is 0.520. The minimum absolute atomic E-state index is 0.212. The lowest BCUT2D eigenvalue weighted by Crippen LogP contribution is -2.26. The number of benzene rings is 2. The van der Waals surface area contributed by atoms with E-state index in [2.05, 4.69) is 30.1 Å². The standard InChI is InChI=1S/C13H10Cl2N4O2S.C13H10Cl2N4OS/c1-19-11-9(6-16-13(17-11)22(2)20)21-12(18-19)10-7(14)4-3-5-8(10)15;1-19-11-9(6-16-13(17-11)21-2)20-12(18-19)10-7(14)4-3-5-8(10)15/h3-6H,1-2H3;3-6H,1-2H3. The highest BCUT2D eigenvalue weighted by atomic mass is 35.5. The Morgan fingerprint density at radius 3 is 1.63 bits per heavy atom. The Bertz CT molecular complexity index is 1770. The van der Waals surface area contributed by atoms with E-state index >= 15 is 0 Å². The predicted octanol–water partition coefficient (Wildman–Crippen LogP) is 6.41. The zero-order valence-electron chi connectivity index (χ0n) is 22.7. The van der Waals surface area contributed by atoms with Crippen molar-refractivity contribution in [2.24, 2.45) is 10.2 Å². The Morgan fingerprint density at radius 1 is 0.744 bits per heavy atom. The fourth-order valence-electron chi connectivity index (χ4n) is 3.76. The van der Waals surface area contributed by atoms with E-state index in [1.807, 2.05) is 6.26 Å². The van der Waals surface area contributed by atoms with Crippen molar-refractivity contribution in [2.45, 2.75) is 10.3 Å². The van der Waals surface area contributed by atoms with Crippen LogP contribution in [0.15, 0.2) is 69.3 Å². The quantitative estimate of drug-likeness (QED) is 0.175.